The molecule has 2 aromatic rings. The number of nitrogens with two attached hydrogens (primary N) is 1. The van der Waals surface area contributed by atoms with Crippen LogP contribution in [0, 0.1) is 10.1 Å². The first kappa shape index (κ1) is 14.3. The maximum Gasteiger partial charge on any atom is 0.270 e. The molecular weight excluding hydrogens is 274 g/mol. The molecule has 0 saturated carbocycles. The van der Waals surface area contributed by atoms with E-state index in [2.05, 4.69) is 5.32 Å². The molecule has 0 spiro atoms. The molecule has 0 fully saturated rings. The second-order valence-corrected chi connectivity index (χ2v) is 4.22. The number of methoxy groups -OCH3 is 1. The molecule has 108 valence electrons. The minimum Gasteiger partial charge on any atom is -0.495 e. The Hall–Kier alpha value is -3.09. The summed E-state index contributed by atoms with van der Waals surface area (Å²) >= 11 is 0. The number of nitrogens with zero attached hydrogens (tertiary/aromatic N) is 1. The van der Waals surface area contributed by atoms with E-state index < -0.39 is 10.8 Å². The minimum absolute atomic E-state index is 0.141. The highest BCUT2D eigenvalue weighted by Gasteiger charge is 2.12. The van der Waals surface area contributed by atoms with Gasteiger partial charge in [-0.05, 0) is 18.2 Å². The number of ether oxygens (including phenoxy) is 1. The van der Waals surface area contributed by atoms with Crippen molar-refractivity contribution < 1.29 is 14.5 Å². The van der Waals surface area contributed by atoms with Crippen LogP contribution in [-0.4, -0.2) is 17.9 Å². The van der Waals surface area contributed by atoms with Crippen LogP contribution in [0.25, 0.3) is 0 Å². The van der Waals surface area contributed by atoms with Gasteiger partial charge in [-0.2, -0.15) is 0 Å². The summed E-state index contributed by atoms with van der Waals surface area (Å²) in [7, 11) is 1.47. The maximum absolute atomic E-state index is 12.1. The van der Waals surface area contributed by atoms with Crippen LogP contribution in [0.5, 0.6) is 5.75 Å². The predicted octanol–water partition coefficient (Wildman–Crippen LogP) is 2.44. The molecule has 0 saturated heterocycles. The SMILES string of the molecule is COc1cc(NC(=O)c2cccc([N+](=O)[O-])c2)ccc1N. The molecule has 0 heterocycles. The number of rotatable bonds is 4. The fraction of sp³-hybridized carbons (Fsp3) is 0.0714. The zero-order valence-corrected chi connectivity index (χ0v) is 11.2. The number of amides is 1. The van der Waals surface area contributed by atoms with Gasteiger partial charge in [-0.25, -0.2) is 0 Å². The Morgan fingerprint density at radius 1 is 1.29 bits per heavy atom. The largest absolute Gasteiger partial charge is 0.495 e. The molecule has 0 aromatic heterocycles. The highest BCUT2D eigenvalue weighted by molar-refractivity contribution is 6.04. The lowest BCUT2D eigenvalue weighted by atomic mass is 10.2. The van der Waals surface area contributed by atoms with E-state index in [0.29, 0.717) is 17.1 Å². The van der Waals surface area contributed by atoms with Gasteiger partial charge in [0.05, 0.1) is 17.7 Å². The lowest BCUT2D eigenvalue weighted by molar-refractivity contribution is -0.384. The van der Waals surface area contributed by atoms with Crippen LogP contribution in [-0.2, 0) is 0 Å². The number of nitro benzene ring substituents is 1. The number of hydrogen-bond acceptors (Lipinski definition) is 5. The molecule has 0 atom stereocenters. The third-order valence-corrected chi connectivity index (χ3v) is 2.81. The van der Waals surface area contributed by atoms with Gasteiger partial charge in [0.25, 0.3) is 11.6 Å². The number of carbonyl (C=O) groups excluding carboxylic acids is 1. The number of hydrogen-bond donors (Lipinski definition) is 2. The summed E-state index contributed by atoms with van der Waals surface area (Å²) in [4.78, 5) is 22.2. The Kier molecular flexibility index (Phi) is 4.03. The van der Waals surface area contributed by atoms with E-state index >= 15 is 0 Å². The number of nitrogens with one attached hydrogen (secondary N) is 1. The second kappa shape index (κ2) is 5.91. The Morgan fingerprint density at radius 2 is 2.05 bits per heavy atom. The van der Waals surface area contributed by atoms with Crippen LogP contribution in [0.15, 0.2) is 42.5 Å². The fourth-order valence-electron chi connectivity index (χ4n) is 1.75. The van der Waals surface area contributed by atoms with Crippen molar-refractivity contribution in [2.24, 2.45) is 0 Å². The first-order chi connectivity index (χ1) is 10.0. The van der Waals surface area contributed by atoms with Crippen molar-refractivity contribution in [2.75, 3.05) is 18.2 Å². The lowest BCUT2D eigenvalue weighted by Gasteiger charge is -2.09. The number of carbonyl (C=O) groups is 1. The molecule has 21 heavy (non-hydrogen) atoms. The van der Waals surface area contributed by atoms with Crippen molar-refractivity contribution in [3.8, 4) is 5.75 Å². The number of benzene rings is 2. The van der Waals surface area contributed by atoms with Crippen LogP contribution in [0.2, 0.25) is 0 Å². The molecule has 0 bridgehead atoms. The van der Waals surface area contributed by atoms with Gasteiger partial charge >= 0.3 is 0 Å². The topological polar surface area (TPSA) is 107 Å². The van der Waals surface area contributed by atoms with Crippen LogP contribution >= 0.6 is 0 Å². The molecule has 0 radical (unpaired) electrons. The Bertz CT molecular complexity index is 700. The number of nitro groups is 1. The van der Waals surface area contributed by atoms with E-state index in [-0.39, 0.29) is 11.3 Å². The van der Waals surface area contributed by atoms with E-state index in [4.69, 9.17) is 10.5 Å². The number of anilines is 2. The average molecular weight is 287 g/mol. The van der Waals surface area contributed by atoms with Crippen molar-refractivity contribution in [3.63, 3.8) is 0 Å². The minimum atomic E-state index is -0.553. The van der Waals surface area contributed by atoms with Gasteiger partial charge in [0.15, 0.2) is 0 Å². The smallest absolute Gasteiger partial charge is 0.270 e. The molecule has 0 aliphatic rings. The summed E-state index contributed by atoms with van der Waals surface area (Å²) in [6.07, 6.45) is 0. The van der Waals surface area contributed by atoms with Crippen molar-refractivity contribution >= 4 is 23.0 Å². The van der Waals surface area contributed by atoms with E-state index in [1.54, 1.807) is 18.2 Å². The molecule has 2 rings (SSSR count). The normalized spacial score (nSPS) is 9.95. The Morgan fingerprint density at radius 3 is 2.71 bits per heavy atom. The van der Waals surface area contributed by atoms with Crippen molar-refractivity contribution in [1.29, 1.82) is 0 Å². The maximum atomic E-state index is 12.1. The van der Waals surface area contributed by atoms with E-state index in [1.807, 2.05) is 0 Å². The molecular formula is C14H13N3O4. The van der Waals surface area contributed by atoms with E-state index in [9.17, 15) is 14.9 Å². The first-order valence-corrected chi connectivity index (χ1v) is 6.00. The molecule has 2 aromatic carbocycles. The van der Waals surface area contributed by atoms with Gasteiger partial charge in [-0.15, -0.1) is 0 Å². The third-order valence-electron chi connectivity index (χ3n) is 2.81. The Labute approximate surface area is 120 Å². The zero-order chi connectivity index (χ0) is 15.4. The van der Waals surface area contributed by atoms with Crippen LogP contribution < -0.4 is 15.8 Å². The molecule has 3 N–H and O–H groups in total. The zero-order valence-electron chi connectivity index (χ0n) is 11.2. The summed E-state index contributed by atoms with van der Waals surface area (Å²) in [6.45, 7) is 0. The van der Waals surface area contributed by atoms with Crippen LogP contribution in [0.1, 0.15) is 10.4 Å². The van der Waals surface area contributed by atoms with Crippen molar-refractivity contribution in [1.82, 2.24) is 0 Å². The first-order valence-electron chi connectivity index (χ1n) is 6.00. The highest BCUT2D eigenvalue weighted by Crippen LogP contribution is 2.25. The monoisotopic (exact) mass is 287 g/mol. The Balaban J connectivity index is 2.22. The second-order valence-electron chi connectivity index (χ2n) is 4.22. The van der Waals surface area contributed by atoms with Crippen molar-refractivity contribution in [2.45, 2.75) is 0 Å². The highest BCUT2D eigenvalue weighted by atomic mass is 16.6. The van der Waals surface area contributed by atoms with Gasteiger partial charge in [0.1, 0.15) is 5.75 Å². The lowest BCUT2D eigenvalue weighted by Crippen LogP contribution is -2.12. The van der Waals surface area contributed by atoms with Crippen LogP contribution in [0.4, 0.5) is 17.1 Å². The van der Waals surface area contributed by atoms with Gasteiger partial charge in [0.2, 0.25) is 0 Å². The molecule has 7 nitrogen and oxygen atoms in total. The van der Waals surface area contributed by atoms with E-state index in [0.717, 1.165) is 0 Å². The summed E-state index contributed by atoms with van der Waals surface area (Å²) in [5.41, 5.74) is 6.67. The standard InChI is InChI=1S/C14H13N3O4/c1-21-13-8-10(5-6-12(13)15)16-14(18)9-3-2-4-11(7-9)17(19)20/h2-8H,15H2,1H3,(H,16,18). The fourth-order valence-corrected chi connectivity index (χ4v) is 1.75. The average Bonchev–Trinajstić information content (AvgIpc) is 2.49. The molecule has 1 amide bonds. The van der Waals surface area contributed by atoms with Crippen LogP contribution in [0.3, 0.4) is 0 Å². The molecule has 0 aliphatic heterocycles. The van der Waals surface area contributed by atoms with Gasteiger partial charge < -0.3 is 15.8 Å². The summed E-state index contributed by atoms with van der Waals surface area (Å²) in [6, 6.07) is 10.3. The third kappa shape index (κ3) is 3.27. The van der Waals surface area contributed by atoms with Gasteiger partial charge in [-0.3, -0.25) is 14.9 Å². The van der Waals surface area contributed by atoms with Gasteiger partial charge in [-0.1, -0.05) is 6.07 Å². The predicted molar refractivity (Wildman–Crippen MR) is 78.5 cm³/mol. The van der Waals surface area contributed by atoms with E-state index in [1.165, 1.54) is 31.4 Å². The number of non-ortho nitro benzene ring substituents is 1. The summed E-state index contributed by atoms with van der Waals surface area (Å²) in [5.74, 6) is -0.0163. The molecule has 7 heteroatoms. The van der Waals surface area contributed by atoms with Crippen molar-refractivity contribution in [3.05, 3.63) is 58.1 Å². The molecule has 0 aliphatic carbocycles. The summed E-state index contributed by atoms with van der Waals surface area (Å²) < 4.78 is 5.06. The number of nitrogen functional groups attached to an aromatic ring is 1. The quantitative estimate of drug-likeness (QED) is 0.510. The summed E-state index contributed by atoms with van der Waals surface area (Å²) in [5, 5.41) is 13.3. The van der Waals surface area contributed by atoms with Gasteiger partial charge in [0, 0.05) is 29.4 Å². The molecule has 0 unspecified atom stereocenters.